The summed E-state index contributed by atoms with van der Waals surface area (Å²) in [5.74, 6) is 1.27. The van der Waals surface area contributed by atoms with Crippen LogP contribution in [0.2, 0.25) is 0 Å². The van der Waals surface area contributed by atoms with Gasteiger partial charge in [-0.3, -0.25) is 4.79 Å². The van der Waals surface area contributed by atoms with Crippen molar-refractivity contribution in [3.05, 3.63) is 60.5 Å². The molecule has 1 aliphatic rings. The zero-order valence-electron chi connectivity index (χ0n) is 13.5. The summed E-state index contributed by atoms with van der Waals surface area (Å²) in [7, 11) is 0. The van der Waals surface area contributed by atoms with Crippen molar-refractivity contribution in [2.24, 2.45) is 0 Å². The number of hydrogen-bond acceptors (Lipinski definition) is 5. The number of carbonyl (C=O) groups excluding carboxylic acids is 1. The van der Waals surface area contributed by atoms with Gasteiger partial charge in [-0.2, -0.15) is 0 Å². The van der Waals surface area contributed by atoms with Gasteiger partial charge in [0.15, 0.2) is 0 Å². The van der Waals surface area contributed by atoms with E-state index in [4.69, 9.17) is 4.42 Å². The molecule has 126 valence electrons. The summed E-state index contributed by atoms with van der Waals surface area (Å²) in [6.45, 7) is 0. The van der Waals surface area contributed by atoms with Crippen molar-refractivity contribution < 1.29 is 9.21 Å². The quantitative estimate of drug-likeness (QED) is 0.669. The standard InChI is InChI=1S/C19H17N3O2S/c23-17(12-25-19-22-21-18(24-19)15-6-7-15)20-16-10-8-14(9-11-16)13-4-2-1-3-5-13/h1-5,8-11,15H,6-7,12H2,(H,20,23). The number of hydrogen-bond donors (Lipinski definition) is 1. The minimum absolute atomic E-state index is 0.0939. The van der Waals surface area contributed by atoms with Crippen LogP contribution in [-0.2, 0) is 4.79 Å². The molecule has 3 aromatic rings. The zero-order chi connectivity index (χ0) is 17.1. The van der Waals surface area contributed by atoms with Gasteiger partial charge < -0.3 is 9.73 Å². The van der Waals surface area contributed by atoms with E-state index in [0.29, 0.717) is 17.0 Å². The summed E-state index contributed by atoms with van der Waals surface area (Å²) in [5.41, 5.74) is 3.04. The molecule has 0 bridgehead atoms. The summed E-state index contributed by atoms with van der Waals surface area (Å²) in [6, 6.07) is 17.9. The maximum atomic E-state index is 12.1. The summed E-state index contributed by atoms with van der Waals surface area (Å²) in [6.07, 6.45) is 2.23. The third-order valence-electron chi connectivity index (χ3n) is 3.95. The molecule has 4 rings (SSSR count). The Morgan fingerprint density at radius 1 is 1.04 bits per heavy atom. The number of carbonyl (C=O) groups is 1. The maximum Gasteiger partial charge on any atom is 0.277 e. The molecule has 0 aliphatic heterocycles. The first kappa shape index (κ1) is 15.9. The molecule has 0 spiro atoms. The van der Waals surface area contributed by atoms with Crippen LogP contribution < -0.4 is 5.32 Å². The molecule has 0 unspecified atom stereocenters. The number of anilines is 1. The third-order valence-corrected chi connectivity index (χ3v) is 4.77. The van der Waals surface area contributed by atoms with Gasteiger partial charge in [-0.05, 0) is 36.1 Å². The lowest BCUT2D eigenvalue weighted by Crippen LogP contribution is -2.13. The predicted octanol–water partition coefficient (Wildman–Crippen LogP) is 4.34. The summed E-state index contributed by atoms with van der Waals surface area (Å²) >= 11 is 1.26. The second kappa shape index (κ2) is 7.11. The Bertz CT molecular complexity index is 858. The van der Waals surface area contributed by atoms with Crippen LogP contribution in [0.1, 0.15) is 24.7 Å². The van der Waals surface area contributed by atoms with Gasteiger partial charge in [0.25, 0.3) is 5.22 Å². The lowest BCUT2D eigenvalue weighted by molar-refractivity contribution is -0.113. The normalized spacial score (nSPS) is 13.6. The number of nitrogens with zero attached hydrogens (tertiary/aromatic N) is 2. The molecule has 1 N–H and O–H groups in total. The van der Waals surface area contributed by atoms with Crippen LogP contribution in [0.15, 0.2) is 64.2 Å². The number of nitrogens with one attached hydrogen (secondary N) is 1. The number of benzene rings is 2. The predicted molar refractivity (Wildman–Crippen MR) is 97.5 cm³/mol. The Labute approximate surface area is 149 Å². The van der Waals surface area contributed by atoms with E-state index in [1.165, 1.54) is 11.8 Å². The van der Waals surface area contributed by atoms with E-state index in [9.17, 15) is 4.79 Å². The molecule has 1 aliphatic carbocycles. The first-order valence-electron chi connectivity index (χ1n) is 8.19. The molecule has 2 aromatic carbocycles. The summed E-state index contributed by atoms with van der Waals surface area (Å²) in [4.78, 5) is 12.1. The van der Waals surface area contributed by atoms with Crippen molar-refractivity contribution in [2.45, 2.75) is 24.0 Å². The molecule has 5 nitrogen and oxygen atoms in total. The molecule has 0 atom stereocenters. The monoisotopic (exact) mass is 351 g/mol. The van der Waals surface area contributed by atoms with E-state index in [1.54, 1.807) is 0 Å². The fourth-order valence-corrected chi connectivity index (χ4v) is 3.04. The smallest absolute Gasteiger partial charge is 0.277 e. The van der Waals surface area contributed by atoms with Gasteiger partial charge in [0, 0.05) is 11.6 Å². The van der Waals surface area contributed by atoms with Gasteiger partial charge in [-0.15, -0.1) is 10.2 Å². The highest BCUT2D eigenvalue weighted by molar-refractivity contribution is 7.99. The lowest BCUT2D eigenvalue weighted by Gasteiger charge is -2.06. The van der Waals surface area contributed by atoms with Crippen LogP contribution in [0, 0.1) is 0 Å². The topological polar surface area (TPSA) is 68.0 Å². The fourth-order valence-electron chi connectivity index (χ4n) is 2.47. The highest BCUT2D eigenvalue weighted by Crippen LogP contribution is 2.39. The van der Waals surface area contributed by atoms with Gasteiger partial charge >= 0.3 is 0 Å². The highest BCUT2D eigenvalue weighted by Gasteiger charge is 2.29. The lowest BCUT2D eigenvalue weighted by atomic mass is 10.1. The highest BCUT2D eigenvalue weighted by atomic mass is 32.2. The summed E-state index contributed by atoms with van der Waals surface area (Å²) in [5, 5.41) is 11.3. The number of thioether (sulfide) groups is 1. The van der Waals surface area contributed by atoms with Crippen LogP contribution in [0.3, 0.4) is 0 Å². The Hall–Kier alpha value is -2.60. The molecule has 1 saturated carbocycles. The summed E-state index contributed by atoms with van der Waals surface area (Å²) < 4.78 is 5.53. The van der Waals surface area contributed by atoms with Crippen LogP contribution in [0.4, 0.5) is 5.69 Å². The van der Waals surface area contributed by atoms with Crippen LogP contribution in [0.5, 0.6) is 0 Å². The molecule has 25 heavy (non-hydrogen) atoms. The molecule has 1 aromatic heterocycles. The average Bonchev–Trinajstić information content (AvgIpc) is 3.40. The molecule has 0 radical (unpaired) electrons. The van der Waals surface area contributed by atoms with Crippen molar-refractivity contribution >= 4 is 23.4 Å². The van der Waals surface area contributed by atoms with E-state index < -0.39 is 0 Å². The van der Waals surface area contributed by atoms with Crippen molar-refractivity contribution in [1.82, 2.24) is 10.2 Å². The Morgan fingerprint density at radius 3 is 2.48 bits per heavy atom. The van der Waals surface area contributed by atoms with Crippen LogP contribution >= 0.6 is 11.8 Å². The minimum atomic E-state index is -0.0939. The van der Waals surface area contributed by atoms with E-state index in [2.05, 4.69) is 27.6 Å². The van der Waals surface area contributed by atoms with Gasteiger partial charge in [0.05, 0.1) is 5.75 Å². The maximum absolute atomic E-state index is 12.1. The van der Waals surface area contributed by atoms with E-state index in [1.807, 2.05) is 42.5 Å². The first-order valence-corrected chi connectivity index (χ1v) is 9.18. The van der Waals surface area contributed by atoms with Gasteiger partial charge in [0.2, 0.25) is 11.8 Å². The number of rotatable bonds is 6. The molecular formula is C19H17N3O2S. The zero-order valence-corrected chi connectivity index (χ0v) is 14.3. The molecule has 1 heterocycles. The third kappa shape index (κ3) is 4.09. The molecule has 6 heteroatoms. The average molecular weight is 351 g/mol. The molecule has 0 saturated heterocycles. The van der Waals surface area contributed by atoms with Crippen molar-refractivity contribution in [3.8, 4) is 11.1 Å². The second-order valence-electron chi connectivity index (χ2n) is 5.96. The Kier molecular flexibility index (Phi) is 4.52. The van der Waals surface area contributed by atoms with Crippen molar-refractivity contribution in [3.63, 3.8) is 0 Å². The Morgan fingerprint density at radius 2 is 1.76 bits per heavy atom. The minimum Gasteiger partial charge on any atom is -0.416 e. The SMILES string of the molecule is O=C(CSc1nnc(C2CC2)o1)Nc1ccc(-c2ccccc2)cc1. The molecular weight excluding hydrogens is 334 g/mol. The van der Waals surface area contributed by atoms with E-state index >= 15 is 0 Å². The van der Waals surface area contributed by atoms with Crippen molar-refractivity contribution in [2.75, 3.05) is 11.1 Å². The van der Waals surface area contributed by atoms with Crippen LogP contribution in [-0.4, -0.2) is 21.9 Å². The van der Waals surface area contributed by atoms with E-state index in [-0.39, 0.29) is 11.7 Å². The number of amides is 1. The van der Waals surface area contributed by atoms with E-state index in [0.717, 1.165) is 29.7 Å². The Balaban J connectivity index is 1.31. The number of aromatic nitrogens is 2. The molecule has 1 fully saturated rings. The molecule has 1 amide bonds. The van der Waals surface area contributed by atoms with Gasteiger partial charge in [0.1, 0.15) is 0 Å². The van der Waals surface area contributed by atoms with Gasteiger partial charge in [-0.1, -0.05) is 54.2 Å². The second-order valence-corrected chi connectivity index (χ2v) is 6.89. The first-order chi connectivity index (χ1) is 12.3. The van der Waals surface area contributed by atoms with Crippen molar-refractivity contribution in [1.29, 1.82) is 0 Å². The largest absolute Gasteiger partial charge is 0.416 e. The fraction of sp³-hybridized carbons (Fsp3) is 0.211. The van der Waals surface area contributed by atoms with Gasteiger partial charge in [-0.25, -0.2) is 0 Å². The van der Waals surface area contributed by atoms with Crippen LogP contribution in [0.25, 0.3) is 11.1 Å².